The highest BCUT2D eigenvalue weighted by atomic mass is 19.1. The minimum absolute atomic E-state index is 0.0547. The number of aryl methyl sites for hydroxylation is 1. The van der Waals surface area contributed by atoms with Gasteiger partial charge in [-0.05, 0) is 75.4 Å². The molecule has 0 aliphatic heterocycles. The van der Waals surface area contributed by atoms with Crippen LogP contribution >= 0.6 is 0 Å². The molecule has 5 nitrogen and oxygen atoms in total. The molecule has 1 aromatic heterocycles. The SMILES string of the molecule is CCOC(=O)c1ccc(NCC(=O)c2cc(C)n(-c3ccc(F)cc3)c2C)cc1. The second kappa shape index (κ2) is 8.73. The molecule has 0 aliphatic carbocycles. The average molecular weight is 394 g/mol. The fraction of sp³-hybridized carbons (Fsp3) is 0.217. The lowest BCUT2D eigenvalue weighted by Crippen LogP contribution is -2.15. The van der Waals surface area contributed by atoms with Crippen molar-refractivity contribution in [3.63, 3.8) is 0 Å². The van der Waals surface area contributed by atoms with Crippen LogP contribution in [0, 0.1) is 19.7 Å². The van der Waals surface area contributed by atoms with Gasteiger partial charge in [0, 0.05) is 28.3 Å². The summed E-state index contributed by atoms with van der Waals surface area (Å²) < 4.78 is 20.1. The fourth-order valence-corrected chi connectivity index (χ4v) is 3.25. The molecule has 6 heteroatoms. The molecule has 3 aromatic rings. The summed E-state index contributed by atoms with van der Waals surface area (Å²) in [6.45, 7) is 5.98. The highest BCUT2D eigenvalue weighted by Gasteiger charge is 2.16. The Morgan fingerprint density at radius 3 is 2.31 bits per heavy atom. The molecule has 150 valence electrons. The Hall–Kier alpha value is -3.41. The van der Waals surface area contributed by atoms with Crippen molar-refractivity contribution in [1.29, 1.82) is 0 Å². The van der Waals surface area contributed by atoms with Gasteiger partial charge < -0.3 is 14.6 Å². The van der Waals surface area contributed by atoms with Crippen LogP contribution in [0.25, 0.3) is 5.69 Å². The molecule has 0 radical (unpaired) electrons. The lowest BCUT2D eigenvalue weighted by atomic mass is 10.1. The number of hydrogen-bond donors (Lipinski definition) is 1. The fourth-order valence-electron chi connectivity index (χ4n) is 3.25. The molecule has 1 heterocycles. The van der Waals surface area contributed by atoms with E-state index in [9.17, 15) is 14.0 Å². The number of ether oxygens (including phenoxy) is 1. The van der Waals surface area contributed by atoms with E-state index < -0.39 is 0 Å². The molecule has 1 N–H and O–H groups in total. The summed E-state index contributed by atoms with van der Waals surface area (Å²) in [6, 6.07) is 14.8. The van der Waals surface area contributed by atoms with E-state index in [4.69, 9.17) is 4.74 Å². The Bertz CT molecular complexity index is 1020. The number of anilines is 1. The molecule has 0 atom stereocenters. The van der Waals surface area contributed by atoms with Crippen LogP contribution in [0.4, 0.5) is 10.1 Å². The Morgan fingerprint density at radius 2 is 1.69 bits per heavy atom. The van der Waals surface area contributed by atoms with Crippen LogP contribution in [0.3, 0.4) is 0 Å². The third-order valence-electron chi connectivity index (χ3n) is 4.67. The molecular formula is C23H23FN2O3. The van der Waals surface area contributed by atoms with Crippen molar-refractivity contribution in [3.05, 3.63) is 82.9 Å². The van der Waals surface area contributed by atoms with Gasteiger partial charge in [-0.2, -0.15) is 0 Å². The standard InChI is InChI=1S/C23H23FN2O3/c1-4-29-23(28)17-5-9-19(10-6-17)25-14-22(27)21-13-15(2)26(16(21)3)20-11-7-18(24)8-12-20/h5-13,25H,4,14H2,1-3H3. The summed E-state index contributed by atoms with van der Waals surface area (Å²) in [6.07, 6.45) is 0. The maximum absolute atomic E-state index is 13.2. The van der Waals surface area contributed by atoms with Gasteiger partial charge in [0.1, 0.15) is 5.82 Å². The Morgan fingerprint density at radius 1 is 1.03 bits per heavy atom. The summed E-state index contributed by atoms with van der Waals surface area (Å²) in [5.41, 5.74) is 4.32. The van der Waals surface area contributed by atoms with Crippen LogP contribution in [-0.2, 0) is 4.74 Å². The van der Waals surface area contributed by atoms with Gasteiger partial charge >= 0.3 is 5.97 Å². The van der Waals surface area contributed by atoms with Crippen molar-refractivity contribution < 1.29 is 18.7 Å². The van der Waals surface area contributed by atoms with Crippen LogP contribution in [0.5, 0.6) is 0 Å². The number of nitrogens with zero attached hydrogens (tertiary/aromatic N) is 1. The van der Waals surface area contributed by atoms with E-state index in [1.165, 1.54) is 12.1 Å². The van der Waals surface area contributed by atoms with Gasteiger partial charge in [-0.15, -0.1) is 0 Å². The largest absolute Gasteiger partial charge is 0.462 e. The lowest BCUT2D eigenvalue weighted by molar-refractivity contribution is 0.0526. The van der Waals surface area contributed by atoms with Crippen LogP contribution in [0.1, 0.15) is 39.0 Å². The molecule has 0 bridgehead atoms. The first-order valence-corrected chi connectivity index (χ1v) is 9.40. The van der Waals surface area contributed by atoms with Gasteiger partial charge in [0.05, 0.1) is 18.7 Å². The number of halogens is 1. The van der Waals surface area contributed by atoms with Gasteiger partial charge in [0.2, 0.25) is 0 Å². The van der Waals surface area contributed by atoms with Crippen LogP contribution < -0.4 is 5.32 Å². The molecule has 0 unspecified atom stereocenters. The van der Waals surface area contributed by atoms with Gasteiger partial charge in [0.25, 0.3) is 0 Å². The van der Waals surface area contributed by atoms with Crippen molar-refractivity contribution in [3.8, 4) is 5.69 Å². The van der Waals surface area contributed by atoms with E-state index >= 15 is 0 Å². The number of hydrogen-bond acceptors (Lipinski definition) is 4. The number of ketones is 1. The minimum Gasteiger partial charge on any atom is -0.462 e. The Labute approximate surface area is 169 Å². The van der Waals surface area contributed by atoms with Crippen molar-refractivity contribution in [2.24, 2.45) is 0 Å². The smallest absolute Gasteiger partial charge is 0.338 e. The normalized spacial score (nSPS) is 10.6. The first-order chi connectivity index (χ1) is 13.9. The van der Waals surface area contributed by atoms with Gasteiger partial charge in [-0.3, -0.25) is 4.79 Å². The second-order valence-corrected chi connectivity index (χ2v) is 6.67. The molecule has 0 spiro atoms. The maximum Gasteiger partial charge on any atom is 0.338 e. The first-order valence-electron chi connectivity index (χ1n) is 9.40. The second-order valence-electron chi connectivity index (χ2n) is 6.67. The molecule has 0 saturated carbocycles. The minimum atomic E-state index is -0.372. The van der Waals surface area contributed by atoms with Crippen molar-refractivity contribution in [2.75, 3.05) is 18.5 Å². The molecule has 0 fully saturated rings. The number of aromatic nitrogens is 1. The molecule has 2 aromatic carbocycles. The maximum atomic E-state index is 13.2. The third-order valence-corrected chi connectivity index (χ3v) is 4.67. The van der Waals surface area contributed by atoms with E-state index in [-0.39, 0.29) is 24.1 Å². The highest BCUT2D eigenvalue weighted by Crippen LogP contribution is 2.22. The molecule has 0 amide bonds. The quantitative estimate of drug-likeness (QED) is 0.466. The Balaban J connectivity index is 1.71. The molecule has 0 saturated heterocycles. The van der Waals surface area contributed by atoms with E-state index in [1.54, 1.807) is 43.3 Å². The zero-order chi connectivity index (χ0) is 21.0. The predicted molar refractivity (Wildman–Crippen MR) is 110 cm³/mol. The highest BCUT2D eigenvalue weighted by molar-refractivity contribution is 6.00. The zero-order valence-corrected chi connectivity index (χ0v) is 16.7. The number of carbonyl (C=O) groups excluding carboxylic acids is 2. The van der Waals surface area contributed by atoms with E-state index in [1.807, 2.05) is 24.5 Å². The van der Waals surface area contributed by atoms with Gasteiger partial charge in [-0.1, -0.05) is 0 Å². The average Bonchev–Trinajstić information content (AvgIpc) is 3.01. The molecule has 3 rings (SSSR count). The first kappa shape index (κ1) is 20.3. The summed E-state index contributed by atoms with van der Waals surface area (Å²) in [5, 5.41) is 3.08. The van der Waals surface area contributed by atoms with Crippen molar-refractivity contribution in [1.82, 2.24) is 4.57 Å². The van der Waals surface area contributed by atoms with E-state index in [2.05, 4.69) is 5.32 Å². The lowest BCUT2D eigenvalue weighted by Gasteiger charge is -2.10. The number of carbonyl (C=O) groups is 2. The van der Waals surface area contributed by atoms with Gasteiger partial charge in [0.15, 0.2) is 5.78 Å². The Kier molecular flexibility index (Phi) is 6.12. The third kappa shape index (κ3) is 4.54. The summed E-state index contributed by atoms with van der Waals surface area (Å²) in [7, 11) is 0. The number of esters is 1. The van der Waals surface area contributed by atoms with E-state index in [0.29, 0.717) is 17.7 Å². The van der Waals surface area contributed by atoms with Crippen LogP contribution in [-0.4, -0.2) is 29.5 Å². The van der Waals surface area contributed by atoms with E-state index in [0.717, 1.165) is 22.8 Å². The summed E-state index contributed by atoms with van der Waals surface area (Å²) >= 11 is 0. The topological polar surface area (TPSA) is 60.3 Å². The number of nitrogens with one attached hydrogen (secondary N) is 1. The molecule has 29 heavy (non-hydrogen) atoms. The summed E-state index contributed by atoms with van der Waals surface area (Å²) in [4.78, 5) is 24.4. The number of rotatable bonds is 7. The van der Waals surface area contributed by atoms with Crippen molar-refractivity contribution in [2.45, 2.75) is 20.8 Å². The molecule has 0 aliphatic rings. The zero-order valence-electron chi connectivity index (χ0n) is 16.7. The number of Topliss-reactive ketones (excluding diaryl/α,β-unsaturated/α-hetero) is 1. The van der Waals surface area contributed by atoms with Gasteiger partial charge in [-0.25, -0.2) is 9.18 Å². The number of benzene rings is 2. The summed E-state index contributed by atoms with van der Waals surface area (Å²) in [5.74, 6) is -0.727. The predicted octanol–water partition coefficient (Wildman–Crippen LogP) is 4.70. The van der Waals surface area contributed by atoms with Crippen LogP contribution in [0.15, 0.2) is 54.6 Å². The van der Waals surface area contributed by atoms with Crippen molar-refractivity contribution >= 4 is 17.4 Å². The molecular weight excluding hydrogens is 371 g/mol. The van der Waals surface area contributed by atoms with Crippen LogP contribution in [0.2, 0.25) is 0 Å². The monoisotopic (exact) mass is 394 g/mol.